The predicted octanol–water partition coefficient (Wildman–Crippen LogP) is 3.78. The first-order chi connectivity index (χ1) is 13.1. The number of carbonyl (C=O) groups excluding carboxylic acids is 1. The number of benzene rings is 2. The van der Waals surface area contributed by atoms with Crippen molar-refractivity contribution < 1.29 is 9.21 Å². The third-order valence-corrected chi connectivity index (χ3v) is 5.83. The molecular weight excluding hydrogens is 340 g/mol. The Hall–Kier alpha value is -2.82. The summed E-state index contributed by atoms with van der Waals surface area (Å²) in [6.07, 6.45) is 4.48. The monoisotopic (exact) mass is 364 g/mol. The van der Waals surface area contributed by atoms with E-state index in [4.69, 9.17) is 4.42 Å². The molecule has 0 radical (unpaired) electrons. The van der Waals surface area contributed by atoms with Gasteiger partial charge in [-0.3, -0.25) is 9.36 Å². The number of amides is 1. The zero-order chi connectivity index (χ0) is 18.9. The number of nitrogens with zero attached hydrogens (tertiary/aromatic N) is 1. The molecule has 1 aliphatic rings. The van der Waals surface area contributed by atoms with Crippen molar-refractivity contribution >= 4 is 17.0 Å². The van der Waals surface area contributed by atoms with Crippen LogP contribution in [0, 0.1) is 0 Å². The van der Waals surface area contributed by atoms with Crippen LogP contribution in [0.4, 0.5) is 0 Å². The number of nitrogens with one attached hydrogen (secondary N) is 1. The first kappa shape index (κ1) is 17.6. The summed E-state index contributed by atoms with van der Waals surface area (Å²) in [5, 5.41) is 3.10. The van der Waals surface area contributed by atoms with E-state index in [1.807, 2.05) is 18.2 Å². The minimum absolute atomic E-state index is 0.0138. The Morgan fingerprint density at radius 3 is 2.52 bits per heavy atom. The summed E-state index contributed by atoms with van der Waals surface area (Å²) in [6.45, 7) is 2.33. The minimum Gasteiger partial charge on any atom is -0.408 e. The zero-order valence-corrected chi connectivity index (χ0v) is 15.5. The molecule has 3 aromatic rings. The molecule has 1 saturated carbocycles. The number of rotatable bonds is 5. The summed E-state index contributed by atoms with van der Waals surface area (Å²) in [4.78, 5) is 25.1. The molecule has 5 nitrogen and oxygen atoms in total. The quantitative estimate of drug-likeness (QED) is 0.749. The van der Waals surface area contributed by atoms with Crippen molar-refractivity contribution in [2.24, 2.45) is 0 Å². The fourth-order valence-electron chi connectivity index (χ4n) is 4.28. The van der Waals surface area contributed by atoms with Gasteiger partial charge in [0.15, 0.2) is 5.58 Å². The smallest absolute Gasteiger partial charge is 0.408 e. The molecule has 1 aromatic heterocycles. The van der Waals surface area contributed by atoms with Crippen LogP contribution < -0.4 is 11.1 Å². The normalized spacial score (nSPS) is 17.1. The van der Waals surface area contributed by atoms with Gasteiger partial charge in [0.05, 0.1) is 5.52 Å². The highest BCUT2D eigenvalue weighted by atomic mass is 16.4. The molecule has 1 atom stereocenters. The number of para-hydroxylation sites is 2. The summed E-state index contributed by atoms with van der Waals surface area (Å²) in [6, 6.07) is 17.0. The number of aromatic nitrogens is 1. The van der Waals surface area contributed by atoms with E-state index in [0.717, 1.165) is 12.8 Å². The van der Waals surface area contributed by atoms with Crippen molar-refractivity contribution in [2.45, 2.75) is 44.1 Å². The van der Waals surface area contributed by atoms with E-state index in [1.54, 1.807) is 19.1 Å². The third-order valence-electron chi connectivity index (χ3n) is 5.83. The van der Waals surface area contributed by atoms with Crippen LogP contribution >= 0.6 is 0 Å². The number of carbonyl (C=O) groups is 1. The van der Waals surface area contributed by atoms with Gasteiger partial charge in [-0.1, -0.05) is 55.3 Å². The molecule has 1 amide bonds. The van der Waals surface area contributed by atoms with Gasteiger partial charge in [0.25, 0.3) is 0 Å². The van der Waals surface area contributed by atoms with Gasteiger partial charge in [-0.2, -0.15) is 0 Å². The first-order valence-corrected chi connectivity index (χ1v) is 9.54. The molecule has 0 bridgehead atoms. The molecule has 1 aliphatic carbocycles. The van der Waals surface area contributed by atoms with Crippen molar-refractivity contribution in [2.75, 3.05) is 6.54 Å². The van der Waals surface area contributed by atoms with Gasteiger partial charge in [0.2, 0.25) is 5.91 Å². The molecule has 1 fully saturated rings. The summed E-state index contributed by atoms with van der Waals surface area (Å²) in [5.41, 5.74) is 2.41. The van der Waals surface area contributed by atoms with Crippen LogP contribution in [-0.2, 0) is 10.2 Å². The molecule has 4 rings (SSSR count). The molecule has 1 heterocycles. The third kappa shape index (κ3) is 3.18. The Morgan fingerprint density at radius 1 is 1.11 bits per heavy atom. The highest BCUT2D eigenvalue weighted by molar-refractivity contribution is 5.83. The van der Waals surface area contributed by atoms with Crippen molar-refractivity contribution in [3.8, 4) is 0 Å². The summed E-state index contributed by atoms with van der Waals surface area (Å²) < 4.78 is 6.69. The van der Waals surface area contributed by atoms with Crippen molar-refractivity contribution in [3.63, 3.8) is 0 Å². The van der Waals surface area contributed by atoms with Crippen molar-refractivity contribution in [1.29, 1.82) is 0 Å². The predicted molar refractivity (Wildman–Crippen MR) is 105 cm³/mol. The minimum atomic E-state index is -0.629. The van der Waals surface area contributed by atoms with Crippen LogP contribution in [0.3, 0.4) is 0 Å². The lowest BCUT2D eigenvalue weighted by molar-refractivity contribution is -0.124. The summed E-state index contributed by atoms with van der Waals surface area (Å²) >= 11 is 0. The average molecular weight is 364 g/mol. The molecule has 140 valence electrons. The zero-order valence-electron chi connectivity index (χ0n) is 15.5. The van der Waals surface area contributed by atoms with Crippen molar-refractivity contribution in [3.05, 3.63) is 70.7 Å². The maximum absolute atomic E-state index is 12.9. The molecule has 0 spiro atoms. The van der Waals surface area contributed by atoms with Crippen LogP contribution in [0.1, 0.15) is 44.2 Å². The standard InChI is InChI=1S/C22H24N2O3/c1-16(24-18-11-5-6-12-19(18)27-21(24)26)20(25)23-15-22(13-7-8-14-22)17-9-3-2-4-10-17/h2-6,9-12,16H,7-8,13-15H2,1H3,(H,23,25)/t16-/m1/s1. The largest absolute Gasteiger partial charge is 0.420 e. The van der Waals surface area contributed by atoms with E-state index >= 15 is 0 Å². The van der Waals surface area contributed by atoms with Gasteiger partial charge in [-0.15, -0.1) is 0 Å². The molecule has 1 N–H and O–H groups in total. The fraction of sp³-hybridized carbons (Fsp3) is 0.364. The first-order valence-electron chi connectivity index (χ1n) is 9.54. The highest BCUT2D eigenvalue weighted by Gasteiger charge is 2.36. The van der Waals surface area contributed by atoms with E-state index in [-0.39, 0.29) is 11.3 Å². The molecule has 2 aromatic carbocycles. The maximum atomic E-state index is 12.9. The van der Waals surface area contributed by atoms with Crippen LogP contribution in [0.25, 0.3) is 11.1 Å². The van der Waals surface area contributed by atoms with E-state index in [1.165, 1.54) is 23.0 Å². The topological polar surface area (TPSA) is 64.2 Å². The molecule has 0 saturated heterocycles. The second-order valence-electron chi connectivity index (χ2n) is 7.45. The number of hydrogen-bond acceptors (Lipinski definition) is 3. The van der Waals surface area contributed by atoms with Gasteiger partial charge in [0.1, 0.15) is 6.04 Å². The lowest BCUT2D eigenvalue weighted by atomic mass is 9.79. The van der Waals surface area contributed by atoms with Gasteiger partial charge in [-0.05, 0) is 37.5 Å². The SMILES string of the molecule is C[C@H](C(=O)NCC1(c2ccccc2)CCCC1)n1c(=O)oc2ccccc21. The maximum Gasteiger partial charge on any atom is 0.420 e. The molecule has 27 heavy (non-hydrogen) atoms. The van der Waals surface area contributed by atoms with Gasteiger partial charge in [0, 0.05) is 12.0 Å². The van der Waals surface area contributed by atoms with E-state index in [2.05, 4.69) is 29.6 Å². The Morgan fingerprint density at radius 2 is 1.78 bits per heavy atom. The Labute approximate surface area is 158 Å². The Balaban J connectivity index is 1.55. The van der Waals surface area contributed by atoms with Crippen LogP contribution in [0.15, 0.2) is 63.8 Å². The van der Waals surface area contributed by atoms with Crippen LogP contribution in [0.5, 0.6) is 0 Å². The van der Waals surface area contributed by atoms with Crippen LogP contribution in [-0.4, -0.2) is 17.0 Å². The summed E-state index contributed by atoms with van der Waals surface area (Å²) in [5.74, 6) is -0.664. The molecule has 0 aliphatic heterocycles. The highest BCUT2D eigenvalue weighted by Crippen LogP contribution is 2.40. The van der Waals surface area contributed by atoms with E-state index < -0.39 is 11.8 Å². The lowest BCUT2D eigenvalue weighted by Gasteiger charge is -2.30. The van der Waals surface area contributed by atoms with E-state index in [0.29, 0.717) is 17.6 Å². The second kappa shape index (κ2) is 7.06. The van der Waals surface area contributed by atoms with Gasteiger partial charge >= 0.3 is 5.76 Å². The summed E-state index contributed by atoms with van der Waals surface area (Å²) in [7, 11) is 0. The number of hydrogen-bond donors (Lipinski definition) is 1. The number of oxazole rings is 1. The van der Waals surface area contributed by atoms with Gasteiger partial charge in [-0.25, -0.2) is 4.79 Å². The fourth-order valence-corrected chi connectivity index (χ4v) is 4.28. The second-order valence-corrected chi connectivity index (χ2v) is 7.45. The Kier molecular flexibility index (Phi) is 4.60. The average Bonchev–Trinajstić information content (AvgIpc) is 3.30. The molecule has 0 unspecified atom stereocenters. The van der Waals surface area contributed by atoms with Crippen molar-refractivity contribution in [1.82, 2.24) is 9.88 Å². The van der Waals surface area contributed by atoms with E-state index in [9.17, 15) is 9.59 Å². The number of fused-ring (bicyclic) bond motifs is 1. The van der Waals surface area contributed by atoms with Crippen LogP contribution in [0.2, 0.25) is 0 Å². The lowest BCUT2D eigenvalue weighted by Crippen LogP contribution is -2.42. The van der Waals surface area contributed by atoms with Gasteiger partial charge < -0.3 is 9.73 Å². The molecular formula is C22H24N2O3. The Bertz CT molecular complexity index is 997. The molecule has 5 heteroatoms.